The second kappa shape index (κ2) is 11.2. The summed E-state index contributed by atoms with van der Waals surface area (Å²) in [6.07, 6.45) is 12.3. The molecule has 0 saturated carbocycles. The van der Waals surface area contributed by atoms with E-state index < -0.39 is 5.97 Å². The van der Waals surface area contributed by atoms with Crippen LogP contribution in [-0.4, -0.2) is 42.5 Å². The molecule has 2 N–H and O–H groups in total. The third-order valence-electron chi connectivity index (χ3n) is 5.41. The predicted molar refractivity (Wildman–Crippen MR) is 99.0 cm³/mol. The largest absolute Gasteiger partial charge is 0.481 e. The summed E-state index contributed by atoms with van der Waals surface area (Å²) >= 11 is 0. The Morgan fingerprint density at radius 1 is 1.19 bits per heavy atom. The van der Waals surface area contributed by atoms with E-state index in [4.69, 9.17) is 14.6 Å². The van der Waals surface area contributed by atoms with Crippen molar-refractivity contribution in [2.45, 2.75) is 76.9 Å². The van der Waals surface area contributed by atoms with Gasteiger partial charge in [-0.2, -0.15) is 0 Å². The van der Waals surface area contributed by atoms with Crippen LogP contribution >= 0.6 is 0 Å². The van der Waals surface area contributed by atoms with Gasteiger partial charge in [0.2, 0.25) is 0 Å². The van der Waals surface area contributed by atoms with Gasteiger partial charge < -0.3 is 19.9 Å². The molecular formula is C20H33NO5. The fourth-order valence-electron chi connectivity index (χ4n) is 4.05. The molecule has 0 aromatic carbocycles. The van der Waals surface area contributed by atoms with Gasteiger partial charge in [0, 0.05) is 13.0 Å². The van der Waals surface area contributed by atoms with E-state index in [1.807, 2.05) is 0 Å². The summed E-state index contributed by atoms with van der Waals surface area (Å²) in [5.41, 5.74) is 0. The molecule has 0 unspecified atom stereocenters. The first-order chi connectivity index (χ1) is 12.6. The summed E-state index contributed by atoms with van der Waals surface area (Å²) in [4.78, 5) is 22.1. The molecule has 4 atom stereocenters. The molecule has 2 heterocycles. The zero-order chi connectivity index (χ0) is 18.8. The zero-order valence-corrected chi connectivity index (χ0v) is 15.8. The highest BCUT2D eigenvalue weighted by molar-refractivity contribution is 5.67. The average Bonchev–Trinajstić information content (AvgIpc) is 3.20. The van der Waals surface area contributed by atoms with Gasteiger partial charge in [-0.15, -0.1) is 0 Å². The van der Waals surface area contributed by atoms with E-state index >= 15 is 0 Å². The highest BCUT2D eigenvalue weighted by Crippen LogP contribution is 2.46. The lowest BCUT2D eigenvalue weighted by atomic mass is 9.76. The first-order valence-electron chi connectivity index (χ1n) is 10.0. The third kappa shape index (κ3) is 6.63. The van der Waals surface area contributed by atoms with Crippen LogP contribution in [0.4, 0.5) is 4.79 Å². The minimum Gasteiger partial charge on any atom is -0.481 e. The number of fused-ring (bicyclic) bond motifs is 2. The quantitative estimate of drug-likeness (QED) is 0.404. The monoisotopic (exact) mass is 367 g/mol. The van der Waals surface area contributed by atoms with Gasteiger partial charge in [0.15, 0.2) is 0 Å². The molecule has 6 nitrogen and oxygen atoms in total. The number of amides is 1. The number of allylic oxidation sites excluding steroid dienone is 2. The first-order valence-corrected chi connectivity index (χ1v) is 10.0. The molecule has 6 heteroatoms. The number of ether oxygens (including phenoxy) is 2. The van der Waals surface area contributed by atoms with Crippen molar-refractivity contribution in [1.29, 1.82) is 0 Å². The molecule has 2 fully saturated rings. The number of carbonyl (C=O) groups excluding carboxylic acids is 1. The third-order valence-corrected chi connectivity index (χ3v) is 5.41. The van der Waals surface area contributed by atoms with Gasteiger partial charge in [0.1, 0.15) is 0 Å². The Hall–Kier alpha value is -1.56. The topological polar surface area (TPSA) is 84.9 Å². The maximum absolute atomic E-state index is 11.6. The molecule has 2 aliphatic rings. The van der Waals surface area contributed by atoms with E-state index in [0.29, 0.717) is 43.6 Å². The van der Waals surface area contributed by atoms with Crippen molar-refractivity contribution < 1.29 is 24.2 Å². The van der Waals surface area contributed by atoms with E-state index in [9.17, 15) is 9.59 Å². The van der Waals surface area contributed by atoms with Crippen LogP contribution in [0, 0.1) is 11.8 Å². The standard InChI is InChI=1S/C20H33NO5/c1-2-3-13-21-20(24)25-14-12-16-15(17-10-11-18(16)26-17)8-6-4-5-7-9-19(22)23/h4,6,15-18H,2-3,5,7-14H2,1H3,(H,21,24)(H,22,23)/b6-4-/t15-,16-,17-,18+/m1/s1. The van der Waals surface area contributed by atoms with Crippen molar-refractivity contribution in [3.8, 4) is 0 Å². The second-order valence-corrected chi connectivity index (χ2v) is 7.32. The Morgan fingerprint density at radius 2 is 1.96 bits per heavy atom. The van der Waals surface area contributed by atoms with Crippen molar-refractivity contribution >= 4 is 12.1 Å². The Morgan fingerprint density at radius 3 is 2.69 bits per heavy atom. The van der Waals surface area contributed by atoms with Crippen LogP contribution in [-0.2, 0) is 14.3 Å². The molecular weight excluding hydrogens is 334 g/mol. The van der Waals surface area contributed by atoms with E-state index in [-0.39, 0.29) is 12.5 Å². The van der Waals surface area contributed by atoms with Crippen molar-refractivity contribution in [3.63, 3.8) is 0 Å². The molecule has 2 rings (SSSR count). The maximum atomic E-state index is 11.6. The fraction of sp³-hybridized carbons (Fsp3) is 0.800. The van der Waals surface area contributed by atoms with Gasteiger partial charge >= 0.3 is 12.1 Å². The summed E-state index contributed by atoms with van der Waals surface area (Å²) in [6.45, 7) is 3.19. The predicted octanol–water partition coefficient (Wildman–Crippen LogP) is 3.90. The van der Waals surface area contributed by atoms with Gasteiger partial charge in [-0.25, -0.2) is 4.79 Å². The highest BCUT2D eigenvalue weighted by Gasteiger charge is 2.47. The number of aliphatic carboxylic acids is 1. The van der Waals surface area contributed by atoms with E-state index in [2.05, 4.69) is 24.4 Å². The van der Waals surface area contributed by atoms with Crippen molar-refractivity contribution in [1.82, 2.24) is 5.32 Å². The summed E-state index contributed by atoms with van der Waals surface area (Å²) in [7, 11) is 0. The minimum absolute atomic E-state index is 0.224. The molecule has 26 heavy (non-hydrogen) atoms. The molecule has 0 aromatic rings. The lowest BCUT2D eigenvalue weighted by Gasteiger charge is -2.27. The molecule has 0 radical (unpaired) electrons. The number of hydrogen-bond donors (Lipinski definition) is 2. The number of nitrogens with one attached hydrogen (secondary N) is 1. The number of carboxylic acid groups (broad SMARTS) is 1. The molecule has 0 aromatic heterocycles. The first kappa shape index (κ1) is 20.7. The second-order valence-electron chi connectivity index (χ2n) is 7.32. The summed E-state index contributed by atoms with van der Waals surface area (Å²) in [6, 6.07) is 0. The van der Waals surface area contributed by atoms with Gasteiger partial charge in [-0.3, -0.25) is 4.79 Å². The zero-order valence-electron chi connectivity index (χ0n) is 15.8. The number of unbranched alkanes of at least 4 members (excludes halogenated alkanes) is 2. The Bertz CT molecular complexity index is 479. The Balaban J connectivity index is 1.68. The molecule has 1 amide bonds. The van der Waals surface area contributed by atoms with Crippen LogP contribution in [0.15, 0.2) is 12.2 Å². The van der Waals surface area contributed by atoms with Crippen molar-refractivity contribution in [2.75, 3.05) is 13.2 Å². The Kier molecular flexibility index (Phi) is 8.95. The van der Waals surface area contributed by atoms with Crippen LogP contribution in [0.2, 0.25) is 0 Å². The fourth-order valence-corrected chi connectivity index (χ4v) is 4.05. The van der Waals surface area contributed by atoms with Crippen LogP contribution < -0.4 is 5.32 Å². The number of alkyl carbamates (subject to hydrolysis) is 1. The van der Waals surface area contributed by atoms with Crippen LogP contribution in [0.25, 0.3) is 0 Å². The molecule has 2 aliphatic heterocycles. The lowest BCUT2D eigenvalue weighted by molar-refractivity contribution is -0.137. The van der Waals surface area contributed by atoms with Crippen LogP contribution in [0.5, 0.6) is 0 Å². The molecule has 2 saturated heterocycles. The van der Waals surface area contributed by atoms with Gasteiger partial charge in [0.25, 0.3) is 0 Å². The smallest absolute Gasteiger partial charge is 0.407 e. The van der Waals surface area contributed by atoms with Gasteiger partial charge in [0.05, 0.1) is 18.8 Å². The van der Waals surface area contributed by atoms with Crippen molar-refractivity contribution in [2.24, 2.45) is 11.8 Å². The molecule has 0 spiro atoms. The van der Waals surface area contributed by atoms with E-state index in [1.54, 1.807) is 0 Å². The van der Waals surface area contributed by atoms with Gasteiger partial charge in [-0.1, -0.05) is 25.5 Å². The minimum atomic E-state index is -0.737. The summed E-state index contributed by atoms with van der Waals surface area (Å²) in [5, 5.41) is 11.4. The van der Waals surface area contributed by atoms with Crippen LogP contribution in [0.3, 0.4) is 0 Å². The number of carbonyl (C=O) groups is 2. The van der Waals surface area contributed by atoms with Crippen molar-refractivity contribution in [3.05, 3.63) is 12.2 Å². The van der Waals surface area contributed by atoms with Crippen LogP contribution in [0.1, 0.15) is 64.7 Å². The average molecular weight is 367 g/mol. The highest BCUT2D eigenvalue weighted by atomic mass is 16.5. The summed E-state index contributed by atoms with van der Waals surface area (Å²) < 4.78 is 11.4. The lowest BCUT2D eigenvalue weighted by Crippen LogP contribution is -2.30. The Labute approximate surface area is 156 Å². The molecule has 148 valence electrons. The molecule has 0 aliphatic carbocycles. The maximum Gasteiger partial charge on any atom is 0.407 e. The number of carboxylic acids is 1. The summed E-state index contributed by atoms with van der Waals surface area (Å²) in [5.74, 6) is 0.191. The number of rotatable bonds is 12. The van der Waals surface area contributed by atoms with E-state index in [1.165, 1.54) is 0 Å². The van der Waals surface area contributed by atoms with Gasteiger partial charge in [-0.05, 0) is 56.8 Å². The normalized spacial score (nSPS) is 27.1. The number of hydrogen-bond acceptors (Lipinski definition) is 4. The SMILES string of the molecule is CCCCNC(=O)OCC[C@@H]1[C@@H](C/C=C\CCCC(=O)O)[C@H]2CC[C@@H]1O2. The van der Waals surface area contributed by atoms with E-state index in [0.717, 1.165) is 44.9 Å². The molecule has 2 bridgehead atoms.